The van der Waals surface area contributed by atoms with E-state index >= 15 is 0 Å². The van der Waals surface area contributed by atoms with Crippen LogP contribution in [0.1, 0.15) is 17.2 Å². The van der Waals surface area contributed by atoms with Gasteiger partial charge in [-0.05, 0) is 35.4 Å². The standard InChI is InChI=1S/C13H14N4O/c14-12(18)9-17-13(10-1-5-15-6-2-10)11-3-7-16-8-4-11/h1-8,13,17H,9H2,(H2,14,18). The van der Waals surface area contributed by atoms with Crippen molar-refractivity contribution in [3.63, 3.8) is 0 Å². The van der Waals surface area contributed by atoms with Gasteiger partial charge in [0, 0.05) is 24.8 Å². The molecule has 0 radical (unpaired) electrons. The molecule has 0 saturated heterocycles. The van der Waals surface area contributed by atoms with Crippen LogP contribution in [0, 0.1) is 0 Å². The molecule has 0 bridgehead atoms. The molecule has 2 aromatic heterocycles. The van der Waals surface area contributed by atoms with Gasteiger partial charge in [-0.1, -0.05) is 0 Å². The van der Waals surface area contributed by atoms with E-state index in [1.54, 1.807) is 24.8 Å². The summed E-state index contributed by atoms with van der Waals surface area (Å²) in [5, 5.41) is 3.12. The molecule has 3 N–H and O–H groups in total. The number of nitrogens with one attached hydrogen (secondary N) is 1. The molecule has 2 rings (SSSR count). The summed E-state index contributed by atoms with van der Waals surface area (Å²) in [6.45, 7) is 0.120. The van der Waals surface area contributed by atoms with Gasteiger partial charge < -0.3 is 5.73 Å². The molecular weight excluding hydrogens is 228 g/mol. The number of hydrogen-bond acceptors (Lipinski definition) is 4. The van der Waals surface area contributed by atoms with Gasteiger partial charge in [0.15, 0.2) is 0 Å². The molecule has 0 aliphatic heterocycles. The first kappa shape index (κ1) is 12.2. The number of carbonyl (C=O) groups excluding carboxylic acids is 1. The quantitative estimate of drug-likeness (QED) is 0.806. The molecule has 1 amide bonds. The maximum Gasteiger partial charge on any atom is 0.231 e. The van der Waals surface area contributed by atoms with Gasteiger partial charge in [0.1, 0.15) is 0 Å². The van der Waals surface area contributed by atoms with Crippen molar-refractivity contribution in [2.75, 3.05) is 6.54 Å². The van der Waals surface area contributed by atoms with E-state index in [-0.39, 0.29) is 18.5 Å². The van der Waals surface area contributed by atoms with Crippen LogP contribution in [0.5, 0.6) is 0 Å². The summed E-state index contributed by atoms with van der Waals surface area (Å²) >= 11 is 0. The molecule has 0 spiro atoms. The lowest BCUT2D eigenvalue weighted by Crippen LogP contribution is -2.32. The second-order valence-electron chi connectivity index (χ2n) is 3.84. The van der Waals surface area contributed by atoms with Gasteiger partial charge in [-0.15, -0.1) is 0 Å². The lowest BCUT2D eigenvalue weighted by atomic mass is 10.0. The monoisotopic (exact) mass is 242 g/mol. The van der Waals surface area contributed by atoms with Gasteiger partial charge in [0.25, 0.3) is 0 Å². The van der Waals surface area contributed by atoms with Crippen molar-refractivity contribution >= 4 is 5.91 Å². The van der Waals surface area contributed by atoms with Gasteiger partial charge in [-0.3, -0.25) is 20.1 Å². The summed E-state index contributed by atoms with van der Waals surface area (Å²) in [5.74, 6) is -0.386. The molecule has 0 saturated carbocycles. The van der Waals surface area contributed by atoms with Gasteiger partial charge in [0.2, 0.25) is 5.91 Å². The van der Waals surface area contributed by atoms with Crippen molar-refractivity contribution in [3.05, 3.63) is 60.2 Å². The van der Waals surface area contributed by atoms with Gasteiger partial charge >= 0.3 is 0 Å². The smallest absolute Gasteiger partial charge is 0.231 e. The topological polar surface area (TPSA) is 80.9 Å². The van der Waals surface area contributed by atoms with E-state index in [4.69, 9.17) is 5.73 Å². The van der Waals surface area contributed by atoms with Crippen LogP contribution in [-0.4, -0.2) is 22.4 Å². The maximum absolute atomic E-state index is 10.9. The van der Waals surface area contributed by atoms with E-state index in [0.29, 0.717) is 0 Å². The Morgan fingerprint density at radius 3 is 1.89 bits per heavy atom. The molecule has 0 unspecified atom stereocenters. The number of nitrogens with two attached hydrogens (primary N) is 1. The Balaban J connectivity index is 2.26. The highest BCUT2D eigenvalue weighted by molar-refractivity contribution is 5.76. The zero-order valence-electron chi connectivity index (χ0n) is 9.78. The minimum atomic E-state index is -0.386. The SMILES string of the molecule is NC(=O)CNC(c1ccncc1)c1ccncc1. The Morgan fingerprint density at radius 2 is 1.50 bits per heavy atom. The average molecular weight is 242 g/mol. The predicted octanol–water partition coefficient (Wildman–Crippen LogP) is 0.641. The fourth-order valence-corrected chi connectivity index (χ4v) is 1.74. The molecule has 92 valence electrons. The summed E-state index contributed by atoms with van der Waals surface area (Å²) in [7, 11) is 0. The first-order valence-corrected chi connectivity index (χ1v) is 5.59. The summed E-state index contributed by atoms with van der Waals surface area (Å²) < 4.78 is 0. The van der Waals surface area contributed by atoms with Crippen LogP contribution in [0.3, 0.4) is 0 Å². The molecule has 0 aliphatic carbocycles. The number of primary amides is 1. The van der Waals surface area contributed by atoms with Gasteiger partial charge in [0.05, 0.1) is 12.6 Å². The third-order valence-corrected chi connectivity index (χ3v) is 2.56. The van der Waals surface area contributed by atoms with E-state index in [9.17, 15) is 4.79 Å². The first-order valence-electron chi connectivity index (χ1n) is 5.59. The maximum atomic E-state index is 10.9. The molecule has 0 fully saturated rings. The molecule has 5 heteroatoms. The number of rotatable bonds is 5. The van der Waals surface area contributed by atoms with E-state index in [1.807, 2.05) is 24.3 Å². The van der Waals surface area contributed by atoms with Gasteiger partial charge in [-0.25, -0.2) is 0 Å². The van der Waals surface area contributed by atoms with Crippen molar-refractivity contribution < 1.29 is 4.79 Å². The minimum Gasteiger partial charge on any atom is -0.369 e. The Morgan fingerprint density at radius 1 is 1.06 bits per heavy atom. The molecule has 0 aromatic carbocycles. The highest BCUT2D eigenvalue weighted by atomic mass is 16.1. The number of amides is 1. The fourth-order valence-electron chi connectivity index (χ4n) is 1.74. The average Bonchev–Trinajstić information content (AvgIpc) is 2.41. The normalized spacial score (nSPS) is 10.5. The largest absolute Gasteiger partial charge is 0.369 e. The minimum absolute atomic E-state index is 0.0940. The number of pyridine rings is 2. The fraction of sp³-hybridized carbons (Fsp3) is 0.154. The van der Waals surface area contributed by atoms with Crippen LogP contribution in [0.25, 0.3) is 0 Å². The highest BCUT2D eigenvalue weighted by Gasteiger charge is 2.13. The summed E-state index contributed by atoms with van der Waals surface area (Å²) in [6, 6.07) is 7.51. The van der Waals surface area contributed by atoms with Gasteiger partial charge in [-0.2, -0.15) is 0 Å². The van der Waals surface area contributed by atoms with E-state index in [2.05, 4.69) is 15.3 Å². The number of carbonyl (C=O) groups is 1. The molecular formula is C13H14N4O. The Labute approximate surface area is 105 Å². The third kappa shape index (κ3) is 3.11. The molecule has 0 atom stereocenters. The molecule has 0 aliphatic rings. The lowest BCUT2D eigenvalue weighted by molar-refractivity contribution is -0.117. The van der Waals surface area contributed by atoms with Crippen molar-refractivity contribution in [1.82, 2.24) is 15.3 Å². The van der Waals surface area contributed by atoms with Crippen LogP contribution in [0.4, 0.5) is 0 Å². The molecule has 2 heterocycles. The van der Waals surface area contributed by atoms with Crippen LogP contribution in [-0.2, 0) is 4.79 Å². The van der Waals surface area contributed by atoms with Crippen molar-refractivity contribution in [1.29, 1.82) is 0 Å². The zero-order valence-corrected chi connectivity index (χ0v) is 9.78. The van der Waals surface area contributed by atoms with Crippen LogP contribution < -0.4 is 11.1 Å². The van der Waals surface area contributed by atoms with Crippen molar-refractivity contribution in [2.45, 2.75) is 6.04 Å². The molecule has 5 nitrogen and oxygen atoms in total. The first-order chi connectivity index (χ1) is 8.77. The van der Waals surface area contributed by atoms with Crippen LogP contribution >= 0.6 is 0 Å². The number of nitrogens with zero attached hydrogens (tertiary/aromatic N) is 2. The molecule has 18 heavy (non-hydrogen) atoms. The van der Waals surface area contributed by atoms with Crippen molar-refractivity contribution in [3.8, 4) is 0 Å². The number of aromatic nitrogens is 2. The van der Waals surface area contributed by atoms with Crippen molar-refractivity contribution in [2.24, 2.45) is 5.73 Å². The van der Waals surface area contributed by atoms with E-state index in [1.165, 1.54) is 0 Å². The summed E-state index contributed by atoms with van der Waals surface area (Å²) in [4.78, 5) is 18.9. The van der Waals surface area contributed by atoms with E-state index in [0.717, 1.165) is 11.1 Å². The predicted molar refractivity (Wildman–Crippen MR) is 67.5 cm³/mol. The lowest BCUT2D eigenvalue weighted by Gasteiger charge is -2.18. The Hall–Kier alpha value is -2.27. The second-order valence-corrected chi connectivity index (χ2v) is 3.84. The second kappa shape index (κ2) is 5.88. The third-order valence-electron chi connectivity index (χ3n) is 2.56. The van der Waals surface area contributed by atoms with E-state index < -0.39 is 0 Å². The summed E-state index contributed by atoms with van der Waals surface area (Å²) in [5.41, 5.74) is 7.22. The highest BCUT2D eigenvalue weighted by Crippen LogP contribution is 2.20. The van der Waals surface area contributed by atoms with Crippen LogP contribution in [0.2, 0.25) is 0 Å². The Kier molecular flexibility index (Phi) is 3.98. The zero-order chi connectivity index (χ0) is 12.8. The van der Waals surface area contributed by atoms with Crippen LogP contribution in [0.15, 0.2) is 49.1 Å². The Bertz CT molecular complexity index is 461. The molecule has 2 aromatic rings. The number of hydrogen-bond donors (Lipinski definition) is 2. The summed E-state index contributed by atoms with van der Waals surface area (Å²) in [6.07, 6.45) is 6.87.